The van der Waals surface area contributed by atoms with Crippen LogP contribution in [-0.4, -0.2) is 42.1 Å². The molecule has 0 bridgehead atoms. The van der Waals surface area contributed by atoms with Crippen molar-refractivity contribution < 1.29 is 19.4 Å². The number of ether oxygens (including phenoxy) is 1. The summed E-state index contributed by atoms with van der Waals surface area (Å²) in [5.74, 6) is 0.588. The van der Waals surface area contributed by atoms with Crippen molar-refractivity contribution in [1.29, 1.82) is 0 Å². The smallest absolute Gasteiger partial charge is 0.407 e. The van der Waals surface area contributed by atoms with Gasteiger partial charge in [-0.3, -0.25) is 4.79 Å². The summed E-state index contributed by atoms with van der Waals surface area (Å²) in [6.07, 6.45) is -0.783. The van der Waals surface area contributed by atoms with E-state index in [-0.39, 0.29) is 25.4 Å². The highest BCUT2D eigenvalue weighted by Crippen LogP contribution is 2.20. The fraction of sp³-hybridized carbons (Fsp3) is 0.200. The Bertz CT molecular complexity index is 986. The zero-order valence-corrected chi connectivity index (χ0v) is 17.5. The van der Waals surface area contributed by atoms with Crippen LogP contribution in [0.1, 0.15) is 11.1 Å². The van der Waals surface area contributed by atoms with Gasteiger partial charge in [0.2, 0.25) is 5.91 Å². The molecule has 0 spiro atoms. The summed E-state index contributed by atoms with van der Waals surface area (Å²) in [6, 6.07) is 25.9. The van der Waals surface area contributed by atoms with Crippen LogP contribution in [0.2, 0.25) is 0 Å². The predicted octanol–water partition coefficient (Wildman–Crippen LogP) is 4.20. The minimum Gasteiger partial charge on any atom is -0.489 e. The zero-order valence-electron chi connectivity index (χ0n) is 17.5. The Labute approximate surface area is 182 Å². The molecule has 6 nitrogen and oxygen atoms in total. The quantitative estimate of drug-likeness (QED) is 0.546. The van der Waals surface area contributed by atoms with Crippen molar-refractivity contribution in [2.24, 2.45) is 0 Å². The van der Waals surface area contributed by atoms with Crippen LogP contribution in [0.25, 0.3) is 11.1 Å². The van der Waals surface area contributed by atoms with E-state index in [9.17, 15) is 9.59 Å². The highest BCUT2D eigenvalue weighted by molar-refractivity contribution is 5.78. The fourth-order valence-corrected chi connectivity index (χ4v) is 3.00. The van der Waals surface area contributed by atoms with Crippen molar-refractivity contribution in [3.8, 4) is 16.9 Å². The third-order valence-electron chi connectivity index (χ3n) is 4.85. The molecule has 0 aromatic heterocycles. The number of nitrogens with one attached hydrogen (secondary N) is 1. The molecule has 31 heavy (non-hydrogen) atoms. The van der Waals surface area contributed by atoms with Gasteiger partial charge in [-0.2, -0.15) is 0 Å². The van der Waals surface area contributed by atoms with Gasteiger partial charge < -0.3 is 20.1 Å². The first kappa shape index (κ1) is 21.9. The third-order valence-corrected chi connectivity index (χ3v) is 4.85. The number of hydrogen-bond donors (Lipinski definition) is 2. The van der Waals surface area contributed by atoms with E-state index in [1.165, 1.54) is 18.2 Å². The Morgan fingerprint density at radius 1 is 0.871 bits per heavy atom. The van der Waals surface area contributed by atoms with E-state index in [1.807, 2.05) is 42.5 Å². The van der Waals surface area contributed by atoms with Crippen LogP contribution in [0.5, 0.6) is 5.75 Å². The van der Waals surface area contributed by atoms with E-state index < -0.39 is 6.09 Å². The largest absolute Gasteiger partial charge is 0.489 e. The van der Waals surface area contributed by atoms with Crippen molar-refractivity contribution in [3.05, 3.63) is 90.0 Å². The topological polar surface area (TPSA) is 78.9 Å². The third kappa shape index (κ3) is 6.89. The summed E-state index contributed by atoms with van der Waals surface area (Å²) in [5.41, 5.74) is 4.29. The van der Waals surface area contributed by atoms with Gasteiger partial charge in [0.25, 0.3) is 0 Å². The summed E-state index contributed by atoms with van der Waals surface area (Å²) in [4.78, 5) is 23.8. The second-order valence-corrected chi connectivity index (χ2v) is 7.23. The number of rotatable bonds is 9. The van der Waals surface area contributed by atoms with Crippen molar-refractivity contribution in [2.45, 2.75) is 13.0 Å². The standard InChI is InChI=1S/C25H26N2O4/c1-27(25(29)30)16-15-26-24(28)17-19-9-13-23(14-10-19)31-18-20-7-11-22(12-8-20)21-5-3-2-4-6-21/h2-14H,15-18H2,1H3,(H,26,28)(H,29,30). The zero-order chi connectivity index (χ0) is 22.1. The van der Waals surface area contributed by atoms with Gasteiger partial charge in [-0.25, -0.2) is 4.79 Å². The predicted molar refractivity (Wildman–Crippen MR) is 120 cm³/mol. The number of carbonyl (C=O) groups excluding carboxylic acids is 1. The number of carboxylic acid groups (broad SMARTS) is 1. The van der Waals surface area contributed by atoms with E-state index >= 15 is 0 Å². The van der Waals surface area contributed by atoms with E-state index in [4.69, 9.17) is 9.84 Å². The molecule has 3 aromatic carbocycles. The van der Waals surface area contributed by atoms with Crippen LogP contribution in [0.15, 0.2) is 78.9 Å². The van der Waals surface area contributed by atoms with E-state index in [2.05, 4.69) is 41.7 Å². The molecular formula is C25H26N2O4. The van der Waals surface area contributed by atoms with Gasteiger partial charge in [0.05, 0.1) is 6.42 Å². The van der Waals surface area contributed by atoms with Crippen LogP contribution < -0.4 is 10.1 Å². The fourth-order valence-electron chi connectivity index (χ4n) is 3.00. The van der Waals surface area contributed by atoms with Gasteiger partial charge in [0.15, 0.2) is 0 Å². The Morgan fingerprint density at radius 2 is 1.48 bits per heavy atom. The average Bonchev–Trinajstić information content (AvgIpc) is 2.79. The van der Waals surface area contributed by atoms with E-state index in [0.29, 0.717) is 6.61 Å². The monoisotopic (exact) mass is 418 g/mol. The number of nitrogens with zero attached hydrogens (tertiary/aromatic N) is 1. The summed E-state index contributed by atoms with van der Waals surface area (Å²) in [7, 11) is 1.46. The maximum atomic E-state index is 12.0. The summed E-state index contributed by atoms with van der Waals surface area (Å²) < 4.78 is 5.85. The molecule has 0 unspecified atom stereocenters. The molecule has 0 aliphatic carbocycles. The molecule has 0 saturated heterocycles. The summed E-state index contributed by atoms with van der Waals surface area (Å²) in [5, 5.41) is 11.5. The summed E-state index contributed by atoms with van der Waals surface area (Å²) >= 11 is 0. The second-order valence-electron chi connectivity index (χ2n) is 7.23. The van der Waals surface area contributed by atoms with Gasteiger partial charge in [-0.15, -0.1) is 0 Å². The molecule has 2 N–H and O–H groups in total. The van der Waals surface area contributed by atoms with Crippen LogP contribution in [-0.2, 0) is 17.8 Å². The molecule has 0 atom stereocenters. The number of amides is 2. The van der Waals surface area contributed by atoms with Gasteiger partial charge in [0, 0.05) is 20.1 Å². The Morgan fingerprint density at radius 3 is 2.13 bits per heavy atom. The summed E-state index contributed by atoms with van der Waals surface area (Å²) in [6.45, 7) is 0.998. The van der Waals surface area contributed by atoms with E-state index in [0.717, 1.165) is 21.8 Å². The molecule has 0 aliphatic heterocycles. The van der Waals surface area contributed by atoms with Gasteiger partial charge in [0.1, 0.15) is 12.4 Å². The van der Waals surface area contributed by atoms with Crippen LogP contribution >= 0.6 is 0 Å². The van der Waals surface area contributed by atoms with Crippen LogP contribution in [0.3, 0.4) is 0 Å². The minimum absolute atomic E-state index is 0.147. The van der Waals surface area contributed by atoms with Crippen LogP contribution in [0, 0.1) is 0 Å². The van der Waals surface area contributed by atoms with Crippen molar-refractivity contribution in [2.75, 3.05) is 20.1 Å². The second kappa shape index (κ2) is 10.8. The first-order valence-corrected chi connectivity index (χ1v) is 10.1. The molecule has 0 fully saturated rings. The lowest BCUT2D eigenvalue weighted by Crippen LogP contribution is -2.35. The molecule has 6 heteroatoms. The first-order chi connectivity index (χ1) is 15.0. The molecule has 3 rings (SSSR count). The molecule has 160 valence electrons. The number of hydrogen-bond acceptors (Lipinski definition) is 3. The van der Waals surface area contributed by atoms with E-state index in [1.54, 1.807) is 0 Å². The highest BCUT2D eigenvalue weighted by atomic mass is 16.5. The first-order valence-electron chi connectivity index (χ1n) is 10.1. The molecule has 0 saturated carbocycles. The molecule has 0 radical (unpaired) electrons. The lowest BCUT2D eigenvalue weighted by Gasteiger charge is -2.13. The minimum atomic E-state index is -1.02. The number of carbonyl (C=O) groups is 2. The van der Waals surface area contributed by atoms with Crippen molar-refractivity contribution in [1.82, 2.24) is 10.2 Å². The Hall–Kier alpha value is -3.80. The highest BCUT2D eigenvalue weighted by Gasteiger charge is 2.07. The van der Waals surface area contributed by atoms with Crippen molar-refractivity contribution >= 4 is 12.0 Å². The van der Waals surface area contributed by atoms with Gasteiger partial charge >= 0.3 is 6.09 Å². The molecular weight excluding hydrogens is 392 g/mol. The Kier molecular flexibility index (Phi) is 7.65. The maximum absolute atomic E-state index is 12.0. The average molecular weight is 418 g/mol. The number of benzene rings is 3. The molecule has 0 heterocycles. The molecule has 2 amide bonds. The van der Waals surface area contributed by atoms with Gasteiger partial charge in [-0.05, 0) is 34.4 Å². The lowest BCUT2D eigenvalue weighted by molar-refractivity contribution is -0.120. The Balaban J connectivity index is 1.44. The number of likely N-dealkylation sites (N-methyl/N-ethyl adjacent to an activating group) is 1. The SMILES string of the molecule is CN(CCNC(=O)Cc1ccc(OCc2ccc(-c3ccccc3)cc2)cc1)C(=O)O. The van der Waals surface area contributed by atoms with Gasteiger partial charge in [-0.1, -0.05) is 66.7 Å². The van der Waals surface area contributed by atoms with Crippen molar-refractivity contribution in [3.63, 3.8) is 0 Å². The normalized spacial score (nSPS) is 10.4. The molecule has 3 aromatic rings. The van der Waals surface area contributed by atoms with Crippen LogP contribution in [0.4, 0.5) is 4.79 Å². The lowest BCUT2D eigenvalue weighted by atomic mass is 10.0. The maximum Gasteiger partial charge on any atom is 0.407 e. The molecule has 0 aliphatic rings.